The fraction of sp³-hybridized carbons (Fsp3) is 0.500. The highest BCUT2D eigenvalue weighted by Crippen LogP contribution is 2.32. The first-order valence-electron chi connectivity index (χ1n) is 8.10. The summed E-state index contributed by atoms with van der Waals surface area (Å²) in [6.45, 7) is 1.22. The number of nitrogens with two attached hydrogens (primary N) is 1. The number of rotatable bonds is 5. The van der Waals surface area contributed by atoms with E-state index in [1.165, 1.54) is 6.92 Å². The Balaban J connectivity index is 2.07. The molecule has 0 spiro atoms. The lowest BCUT2D eigenvalue weighted by Gasteiger charge is -2.30. The fourth-order valence-corrected chi connectivity index (χ4v) is 4.16. The number of carbonyl (C=O) groups is 2. The summed E-state index contributed by atoms with van der Waals surface area (Å²) in [6, 6.07) is 3.51. The van der Waals surface area contributed by atoms with Gasteiger partial charge in [0.25, 0.3) is 5.91 Å². The molecular weight excluding hydrogens is 389 g/mol. The van der Waals surface area contributed by atoms with Gasteiger partial charge >= 0.3 is 12.1 Å². The third-order valence-electron chi connectivity index (χ3n) is 4.28. The van der Waals surface area contributed by atoms with Crippen LogP contribution >= 0.6 is 0 Å². The van der Waals surface area contributed by atoms with Crippen molar-refractivity contribution in [2.45, 2.75) is 36.9 Å². The van der Waals surface area contributed by atoms with Gasteiger partial charge in [-0.05, 0) is 38.0 Å². The third kappa shape index (κ3) is 4.98. The molecule has 1 aromatic carbocycles. The average molecular weight is 408 g/mol. The quantitative estimate of drug-likeness (QED) is 0.744. The van der Waals surface area contributed by atoms with Crippen molar-refractivity contribution in [1.82, 2.24) is 4.31 Å². The molecule has 0 bridgehead atoms. The Hall–Kier alpha value is -2.14. The van der Waals surface area contributed by atoms with Crippen molar-refractivity contribution in [1.29, 1.82) is 0 Å². The highest BCUT2D eigenvalue weighted by Gasteiger charge is 2.36. The molecule has 2 rings (SSSR count). The number of sulfonamides is 1. The molecular formula is C16H19F3N2O5S. The lowest BCUT2D eigenvalue weighted by molar-refractivity contribution is -0.159. The van der Waals surface area contributed by atoms with Crippen LogP contribution in [-0.2, 0) is 30.5 Å². The maximum Gasteiger partial charge on any atom is 0.416 e. The second kappa shape index (κ2) is 7.85. The van der Waals surface area contributed by atoms with Crippen LogP contribution in [0.25, 0.3) is 0 Å². The van der Waals surface area contributed by atoms with Gasteiger partial charge < -0.3 is 10.5 Å². The van der Waals surface area contributed by atoms with Crippen molar-refractivity contribution in [3.63, 3.8) is 0 Å². The van der Waals surface area contributed by atoms with Crippen LogP contribution < -0.4 is 5.73 Å². The van der Waals surface area contributed by atoms with E-state index < -0.39 is 50.6 Å². The van der Waals surface area contributed by atoms with E-state index >= 15 is 0 Å². The zero-order chi connectivity index (χ0) is 20.4. The smallest absolute Gasteiger partial charge is 0.416 e. The molecule has 1 fully saturated rings. The Labute approximate surface area is 154 Å². The second-order valence-electron chi connectivity index (χ2n) is 6.19. The molecule has 150 valence electrons. The summed E-state index contributed by atoms with van der Waals surface area (Å²) in [5.74, 6) is -2.06. The van der Waals surface area contributed by atoms with Gasteiger partial charge in [-0.1, -0.05) is 6.07 Å². The highest BCUT2D eigenvalue weighted by atomic mass is 32.2. The van der Waals surface area contributed by atoms with Gasteiger partial charge in [0.15, 0.2) is 6.10 Å². The number of piperidine rings is 1. The number of carbonyl (C=O) groups excluding carboxylic acids is 2. The van der Waals surface area contributed by atoms with Crippen molar-refractivity contribution in [2.24, 2.45) is 11.7 Å². The number of halogens is 3. The van der Waals surface area contributed by atoms with E-state index in [4.69, 9.17) is 10.5 Å². The van der Waals surface area contributed by atoms with E-state index in [9.17, 15) is 31.2 Å². The molecule has 0 saturated carbocycles. The molecule has 1 atom stereocenters. The molecule has 1 heterocycles. The van der Waals surface area contributed by atoms with Gasteiger partial charge in [-0.2, -0.15) is 17.5 Å². The Kier molecular flexibility index (Phi) is 6.15. The number of primary amides is 1. The van der Waals surface area contributed by atoms with Gasteiger partial charge in [-0.3, -0.25) is 9.59 Å². The van der Waals surface area contributed by atoms with Crippen molar-refractivity contribution in [3.8, 4) is 0 Å². The second-order valence-corrected chi connectivity index (χ2v) is 8.12. The van der Waals surface area contributed by atoms with Crippen LogP contribution in [0.15, 0.2) is 29.2 Å². The lowest BCUT2D eigenvalue weighted by atomic mass is 9.98. The molecule has 1 aliphatic heterocycles. The Morgan fingerprint density at radius 3 is 2.37 bits per heavy atom. The number of nitrogens with zero attached hydrogens (tertiary/aromatic N) is 1. The predicted octanol–water partition coefficient (Wildman–Crippen LogP) is 1.52. The molecule has 2 N–H and O–H groups in total. The summed E-state index contributed by atoms with van der Waals surface area (Å²) in [4.78, 5) is 22.4. The van der Waals surface area contributed by atoms with E-state index in [1.807, 2.05) is 0 Å². The molecule has 1 aromatic rings. The molecule has 27 heavy (non-hydrogen) atoms. The topological polar surface area (TPSA) is 107 Å². The van der Waals surface area contributed by atoms with Gasteiger partial charge in [-0.25, -0.2) is 8.42 Å². The zero-order valence-corrected chi connectivity index (χ0v) is 15.2. The van der Waals surface area contributed by atoms with E-state index in [0.29, 0.717) is 6.07 Å². The molecule has 7 nitrogen and oxygen atoms in total. The highest BCUT2D eigenvalue weighted by molar-refractivity contribution is 7.89. The van der Waals surface area contributed by atoms with Gasteiger partial charge in [0, 0.05) is 13.1 Å². The van der Waals surface area contributed by atoms with Crippen LogP contribution in [0.2, 0.25) is 0 Å². The first-order chi connectivity index (χ1) is 12.4. The van der Waals surface area contributed by atoms with E-state index in [2.05, 4.69) is 0 Å². The van der Waals surface area contributed by atoms with E-state index in [-0.39, 0.29) is 25.9 Å². The van der Waals surface area contributed by atoms with E-state index in [1.54, 1.807) is 0 Å². The summed E-state index contributed by atoms with van der Waals surface area (Å²) in [7, 11) is -4.12. The molecule has 0 aromatic heterocycles. The molecule has 11 heteroatoms. The van der Waals surface area contributed by atoms with Crippen LogP contribution in [0, 0.1) is 5.92 Å². The first-order valence-corrected chi connectivity index (χ1v) is 9.54. The van der Waals surface area contributed by atoms with Gasteiger partial charge in [0.2, 0.25) is 10.0 Å². The standard InChI is InChI=1S/C16H19F3N2O5S/c1-10(14(20)22)26-15(23)11-5-7-21(8-6-11)27(24,25)13-4-2-3-12(9-13)16(17,18)19/h2-4,9-11H,5-8H2,1H3,(H2,20,22)/t10-/m0/s1. The number of hydrogen-bond donors (Lipinski definition) is 1. The van der Waals surface area contributed by atoms with Crippen LogP contribution in [0.1, 0.15) is 25.3 Å². The minimum atomic E-state index is -4.65. The lowest BCUT2D eigenvalue weighted by Crippen LogP contribution is -2.41. The number of ether oxygens (including phenoxy) is 1. The van der Waals surface area contributed by atoms with E-state index in [0.717, 1.165) is 22.5 Å². The fourth-order valence-electron chi connectivity index (χ4n) is 2.64. The molecule has 0 unspecified atom stereocenters. The van der Waals surface area contributed by atoms with Crippen LogP contribution in [0.3, 0.4) is 0 Å². The van der Waals surface area contributed by atoms with Crippen molar-refractivity contribution < 1.29 is 35.9 Å². The molecule has 1 aliphatic rings. The molecule has 1 amide bonds. The maximum absolute atomic E-state index is 12.8. The predicted molar refractivity (Wildman–Crippen MR) is 87.7 cm³/mol. The third-order valence-corrected chi connectivity index (χ3v) is 6.17. The largest absolute Gasteiger partial charge is 0.452 e. The summed E-state index contributed by atoms with van der Waals surface area (Å²) in [6.07, 6.45) is -5.49. The molecule has 0 aliphatic carbocycles. The van der Waals surface area contributed by atoms with Gasteiger partial charge in [0.05, 0.1) is 16.4 Å². The van der Waals surface area contributed by atoms with Crippen LogP contribution in [0.4, 0.5) is 13.2 Å². The number of alkyl halides is 3. The van der Waals surface area contributed by atoms with Crippen molar-refractivity contribution in [2.75, 3.05) is 13.1 Å². The maximum atomic E-state index is 12.8. The average Bonchev–Trinajstić information content (AvgIpc) is 2.61. The summed E-state index contributed by atoms with van der Waals surface area (Å²) in [5, 5.41) is 0. The Morgan fingerprint density at radius 2 is 1.85 bits per heavy atom. The monoisotopic (exact) mass is 408 g/mol. The Bertz CT molecular complexity index is 818. The number of hydrogen-bond acceptors (Lipinski definition) is 5. The van der Waals surface area contributed by atoms with Crippen molar-refractivity contribution in [3.05, 3.63) is 29.8 Å². The number of amides is 1. The molecule has 0 radical (unpaired) electrons. The number of benzene rings is 1. The summed E-state index contributed by atoms with van der Waals surface area (Å²) >= 11 is 0. The van der Waals surface area contributed by atoms with Crippen LogP contribution in [0.5, 0.6) is 0 Å². The SMILES string of the molecule is C[C@H](OC(=O)C1CCN(S(=O)(=O)c2cccc(C(F)(F)F)c2)CC1)C(N)=O. The summed E-state index contributed by atoms with van der Waals surface area (Å²) in [5.41, 5.74) is 3.96. The Morgan fingerprint density at radius 1 is 1.26 bits per heavy atom. The minimum Gasteiger partial charge on any atom is -0.452 e. The normalized spacial score (nSPS) is 18.1. The zero-order valence-electron chi connectivity index (χ0n) is 14.4. The van der Waals surface area contributed by atoms with Gasteiger partial charge in [0.1, 0.15) is 0 Å². The minimum absolute atomic E-state index is 0.0523. The van der Waals surface area contributed by atoms with Gasteiger partial charge in [-0.15, -0.1) is 0 Å². The van der Waals surface area contributed by atoms with Crippen molar-refractivity contribution >= 4 is 21.9 Å². The summed E-state index contributed by atoms with van der Waals surface area (Å²) < 4.78 is 69.5. The number of esters is 1. The molecule has 1 saturated heterocycles. The van der Waals surface area contributed by atoms with Crippen LogP contribution in [-0.4, -0.2) is 43.8 Å². The first kappa shape index (κ1) is 21.2.